The Balaban J connectivity index is 1.70. The predicted octanol–water partition coefficient (Wildman–Crippen LogP) is 4.58. The molecule has 0 radical (unpaired) electrons. The molecule has 2 saturated carbocycles. The van der Waals surface area contributed by atoms with Crippen molar-refractivity contribution in [2.24, 2.45) is 34.0 Å². The van der Waals surface area contributed by atoms with Crippen LogP contribution in [0.1, 0.15) is 87.5 Å². The molecule has 2 amide bonds. The van der Waals surface area contributed by atoms with Gasteiger partial charge in [0.25, 0.3) is 5.91 Å². The molecular weight excluding hydrogens is 366 g/mol. The first-order valence-corrected chi connectivity index (χ1v) is 11.1. The highest BCUT2D eigenvalue weighted by Gasteiger charge is 2.72. The second kappa shape index (κ2) is 6.81. The number of carbonyl (C=O) groups excluding carboxylic acids is 3. The average molecular weight is 406 g/mol. The zero-order chi connectivity index (χ0) is 22.0. The maximum atomic E-state index is 13.1. The van der Waals surface area contributed by atoms with Gasteiger partial charge in [-0.1, -0.05) is 55.4 Å². The molecule has 3 fully saturated rings. The van der Waals surface area contributed by atoms with Crippen molar-refractivity contribution in [1.82, 2.24) is 4.90 Å². The zero-order valence-corrected chi connectivity index (χ0v) is 19.6. The van der Waals surface area contributed by atoms with Crippen LogP contribution in [0.4, 0.5) is 0 Å². The van der Waals surface area contributed by atoms with Gasteiger partial charge in [-0.2, -0.15) is 0 Å². The average Bonchev–Trinajstić information content (AvgIpc) is 3.09. The summed E-state index contributed by atoms with van der Waals surface area (Å²) in [7, 11) is 0. The first kappa shape index (κ1) is 22.3. The lowest BCUT2D eigenvalue weighted by Gasteiger charge is -2.61. The predicted molar refractivity (Wildman–Crippen MR) is 112 cm³/mol. The van der Waals surface area contributed by atoms with Crippen LogP contribution < -0.4 is 0 Å². The SMILES string of the molecule is CC(C)(C)CC(C(=O)OCC(=O)N1C(=O)CC12C1CCC(C1)C2(C)C)C(C)(C)C. The zero-order valence-electron chi connectivity index (χ0n) is 19.6. The van der Waals surface area contributed by atoms with E-state index in [-0.39, 0.29) is 52.1 Å². The molecule has 164 valence electrons. The number of likely N-dealkylation sites (tertiary alicyclic amines) is 1. The summed E-state index contributed by atoms with van der Waals surface area (Å²) in [6.45, 7) is 16.5. The van der Waals surface area contributed by atoms with Gasteiger partial charge in [0.15, 0.2) is 6.61 Å². The molecule has 1 heterocycles. The van der Waals surface area contributed by atoms with Gasteiger partial charge in [-0.15, -0.1) is 0 Å². The van der Waals surface area contributed by atoms with Crippen molar-refractivity contribution >= 4 is 17.8 Å². The molecule has 5 nitrogen and oxygen atoms in total. The van der Waals surface area contributed by atoms with Crippen LogP contribution in [0.2, 0.25) is 0 Å². The standard InChI is InChI=1S/C24H39NO4/c1-21(2,3)12-17(22(4,5)6)20(28)29-14-19(27)25-18(26)13-24(25)16-10-9-15(11-16)23(24,7)8/h15-17H,9-14H2,1-8H3. The lowest BCUT2D eigenvalue weighted by atomic mass is 9.57. The Bertz CT molecular complexity index is 711. The number of ether oxygens (including phenoxy) is 1. The summed E-state index contributed by atoms with van der Waals surface area (Å²) in [6.07, 6.45) is 4.51. The first-order valence-electron chi connectivity index (χ1n) is 11.1. The molecule has 2 aliphatic carbocycles. The number of amides is 2. The number of β-lactam (4-membered cyclic amide) rings is 1. The fraction of sp³-hybridized carbons (Fsp3) is 0.875. The maximum Gasteiger partial charge on any atom is 0.309 e. The normalized spacial score (nSPS) is 31.7. The largest absolute Gasteiger partial charge is 0.455 e. The second-order valence-electron chi connectivity index (χ2n) is 12.4. The Kier molecular flexibility index (Phi) is 5.24. The first-order chi connectivity index (χ1) is 13.1. The van der Waals surface area contributed by atoms with Gasteiger partial charge in [0.2, 0.25) is 5.91 Å². The van der Waals surface area contributed by atoms with Crippen molar-refractivity contribution in [2.75, 3.05) is 6.61 Å². The van der Waals surface area contributed by atoms with Crippen LogP contribution in [0, 0.1) is 34.0 Å². The Morgan fingerprint density at radius 2 is 1.69 bits per heavy atom. The third kappa shape index (κ3) is 3.53. The molecule has 5 heteroatoms. The number of nitrogens with zero attached hydrogens (tertiary/aromatic N) is 1. The van der Waals surface area contributed by atoms with Crippen molar-refractivity contribution in [3.63, 3.8) is 0 Å². The van der Waals surface area contributed by atoms with E-state index in [0.29, 0.717) is 24.7 Å². The third-order valence-corrected chi connectivity index (χ3v) is 8.05. The van der Waals surface area contributed by atoms with Crippen LogP contribution in [0.15, 0.2) is 0 Å². The molecule has 1 aliphatic heterocycles. The Hall–Kier alpha value is -1.39. The van der Waals surface area contributed by atoms with Crippen molar-refractivity contribution in [2.45, 2.75) is 93.0 Å². The molecule has 0 aromatic carbocycles. The molecule has 4 atom stereocenters. The number of fused-ring (bicyclic) bond motifs is 3. The van der Waals surface area contributed by atoms with E-state index >= 15 is 0 Å². The Morgan fingerprint density at radius 1 is 1.10 bits per heavy atom. The molecule has 4 unspecified atom stereocenters. The van der Waals surface area contributed by atoms with Gasteiger partial charge in [0.05, 0.1) is 17.9 Å². The monoisotopic (exact) mass is 405 g/mol. The molecule has 0 N–H and O–H groups in total. The van der Waals surface area contributed by atoms with E-state index in [2.05, 4.69) is 34.6 Å². The van der Waals surface area contributed by atoms with Crippen molar-refractivity contribution in [3.8, 4) is 0 Å². The minimum atomic E-state index is -0.370. The van der Waals surface area contributed by atoms with E-state index in [4.69, 9.17) is 4.74 Å². The molecule has 1 spiro atoms. The van der Waals surface area contributed by atoms with Crippen LogP contribution in [-0.2, 0) is 19.1 Å². The Labute approximate surface area is 175 Å². The molecule has 0 aromatic rings. The summed E-state index contributed by atoms with van der Waals surface area (Å²) in [5.74, 6) is -0.142. The minimum absolute atomic E-state index is 0.0222. The van der Waals surface area contributed by atoms with E-state index in [1.165, 1.54) is 11.3 Å². The lowest BCUT2D eigenvalue weighted by molar-refractivity contribution is -0.191. The van der Waals surface area contributed by atoms with Crippen molar-refractivity contribution in [1.29, 1.82) is 0 Å². The van der Waals surface area contributed by atoms with E-state index in [0.717, 1.165) is 12.8 Å². The quantitative estimate of drug-likeness (QED) is 0.507. The highest BCUT2D eigenvalue weighted by molar-refractivity contribution is 6.03. The van der Waals surface area contributed by atoms with E-state index in [1.807, 2.05) is 20.8 Å². The van der Waals surface area contributed by atoms with Gasteiger partial charge in [0.1, 0.15) is 0 Å². The number of hydrogen-bond acceptors (Lipinski definition) is 4. The highest BCUT2D eigenvalue weighted by atomic mass is 16.5. The van der Waals surface area contributed by atoms with Crippen LogP contribution in [0.25, 0.3) is 0 Å². The van der Waals surface area contributed by atoms with Crippen molar-refractivity contribution in [3.05, 3.63) is 0 Å². The summed E-state index contributed by atoms with van der Waals surface area (Å²) in [5.41, 5.74) is -0.714. The van der Waals surface area contributed by atoms with Gasteiger partial charge in [-0.3, -0.25) is 19.3 Å². The smallest absolute Gasteiger partial charge is 0.309 e. The number of imide groups is 1. The fourth-order valence-corrected chi connectivity index (χ4v) is 6.33. The molecule has 1 saturated heterocycles. The van der Waals surface area contributed by atoms with Gasteiger partial charge in [-0.25, -0.2) is 0 Å². The highest BCUT2D eigenvalue weighted by Crippen LogP contribution is 2.68. The maximum absolute atomic E-state index is 13.1. The van der Waals surface area contributed by atoms with E-state index in [9.17, 15) is 14.4 Å². The molecule has 0 aromatic heterocycles. The van der Waals surface area contributed by atoms with Gasteiger partial charge in [0, 0.05) is 0 Å². The summed E-state index contributed by atoms with van der Waals surface area (Å²) < 4.78 is 5.51. The molecule has 3 aliphatic rings. The van der Waals surface area contributed by atoms with Crippen LogP contribution in [0.3, 0.4) is 0 Å². The molecular formula is C24H39NO4. The van der Waals surface area contributed by atoms with Crippen LogP contribution in [-0.4, -0.2) is 34.8 Å². The van der Waals surface area contributed by atoms with E-state index in [1.54, 1.807) is 0 Å². The van der Waals surface area contributed by atoms with Gasteiger partial charge < -0.3 is 4.74 Å². The number of esters is 1. The van der Waals surface area contributed by atoms with Crippen molar-refractivity contribution < 1.29 is 19.1 Å². The van der Waals surface area contributed by atoms with Crippen LogP contribution in [0.5, 0.6) is 0 Å². The lowest BCUT2D eigenvalue weighted by Crippen LogP contribution is -2.74. The third-order valence-electron chi connectivity index (χ3n) is 8.05. The number of rotatable bonds is 4. The van der Waals surface area contributed by atoms with Gasteiger partial charge >= 0.3 is 5.97 Å². The molecule has 2 bridgehead atoms. The minimum Gasteiger partial charge on any atom is -0.455 e. The number of carbonyl (C=O) groups is 3. The number of hydrogen-bond donors (Lipinski definition) is 0. The van der Waals surface area contributed by atoms with Gasteiger partial charge in [-0.05, 0) is 53.8 Å². The fourth-order valence-electron chi connectivity index (χ4n) is 6.33. The topological polar surface area (TPSA) is 63.7 Å². The Morgan fingerprint density at radius 3 is 2.14 bits per heavy atom. The molecule has 3 rings (SSSR count). The molecule has 29 heavy (non-hydrogen) atoms. The summed E-state index contributed by atoms with van der Waals surface area (Å²) >= 11 is 0. The second-order valence-corrected chi connectivity index (χ2v) is 12.4. The summed E-state index contributed by atoms with van der Waals surface area (Å²) in [6, 6.07) is 0. The summed E-state index contributed by atoms with van der Waals surface area (Å²) in [5, 5.41) is 0. The van der Waals surface area contributed by atoms with Crippen LogP contribution >= 0.6 is 0 Å². The summed E-state index contributed by atoms with van der Waals surface area (Å²) in [4.78, 5) is 39.9. The van der Waals surface area contributed by atoms with E-state index < -0.39 is 0 Å².